The highest BCUT2D eigenvalue weighted by Crippen LogP contribution is 2.42. The number of halogens is 2. The number of aromatic nitrogens is 2. The van der Waals surface area contributed by atoms with Gasteiger partial charge in [-0.15, -0.1) is 0 Å². The van der Waals surface area contributed by atoms with Crippen LogP contribution in [-0.2, 0) is 11.4 Å². The molecular formula is C26H26F2N6O2. The van der Waals surface area contributed by atoms with E-state index in [1.807, 2.05) is 12.1 Å². The highest BCUT2D eigenvalue weighted by Gasteiger charge is 2.51. The highest BCUT2D eigenvalue weighted by atomic mass is 19.2. The maximum atomic E-state index is 13.8. The van der Waals surface area contributed by atoms with Crippen LogP contribution in [0.3, 0.4) is 0 Å². The van der Waals surface area contributed by atoms with Crippen LogP contribution < -0.4 is 10.6 Å². The van der Waals surface area contributed by atoms with Crippen LogP contribution in [0, 0.1) is 17.0 Å². The molecule has 1 amide bonds. The first-order valence-electron chi connectivity index (χ1n) is 11.7. The molecule has 4 heterocycles. The Bertz CT molecular complexity index is 1300. The molecule has 186 valence electrons. The molecule has 36 heavy (non-hydrogen) atoms. The lowest BCUT2D eigenvalue weighted by molar-refractivity contribution is -0.0274. The number of likely N-dealkylation sites (tertiary alicyclic amines) is 1. The first-order chi connectivity index (χ1) is 17.4. The predicted octanol–water partition coefficient (Wildman–Crippen LogP) is 2.96. The molecular weight excluding hydrogens is 466 g/mol. The average Bonchev–Trinajstić information content (AvgIpc) is 2.83. The van der Waals surface area contributed by atoms with Crippen LogP contribution in [-0.4, -0.2) is 59.3 Å². The smallest absolute Gasteiger partial charge is 0.250 e. The Labute approximate surface area is 207 Å². The van der Waals surface area contributed by atoms with Gasteiger partial charge in [0, 0.05) is 56.1 Å². The van der Waals surface area contributed by atoms with Gasteiger partial charge >= 0.3 is 0 Å². The van der Waals surface area contributed by atoms with Crippen molar-refractivity contribution in [3.8, 4) is 0 Å². The molecule has 2 saturated heterocycles. The van der Waals surface area contributed by atoms with Gasteiger partial charge in [-0.05, 0) is 42.8 Å². The molecule has 0 saturated carbocycles. The number of anilines is 1. The Balaban J connectivity index is 1.19. The Morgan fingerprint density at radius 1 is 1.06 bits per heavy atom. The summed E-state index contributed by atoms with van der Waals surface area (Å²) in [6, 6.07) is 9.16. The molecule has 1 aromatic carbocycles. The molecule has 0 atom stereocenters. The highest BCUT2D eigenvalue weighted by molar-refractivity contribution is 6.11. The number of nitrogens with zero attached hydrogens (tertiary/aromatic N) is 5. The van der Waals surface area contributed by atoms with Crippen molar-refractivity contribution in [3.05, 3.63) is 89.0 Å². The summed E-state index contributed by atoms with van der Waals surface area (Å²) in [4.78, 5) is 29.8. The van der Waals surface area contributed by atoms with Gasteiger partial charge in [-0.2, -0.15) is 0 Å². The Morgan fingerprint density at radius 2 is 1.86 bits per heavy atom. The van der Waals surface area contributed by atoms with Gasteiger partial charge in [0.2, 0.25) is 5.91 Å². The van der Waals surface area contributed by atoms with E-state index in [1.165, 1.54) is 12.3 Å². The molecule has 0 unspecified atom stereocenters. The van der Waals surface area contributed by atoms with E-state index in [0.29, 0.717) is 29.1 Å². The summed E-state index contributed by atoms with van der Waals surface area (Å²) in [5.41, 5.74) is 9.23. The molecule has 0 bridgehead atoms. The Morgan fingerprint density at radius 3 is 2.53 bits per heavy atom. The van der Waals surface area contributed by atoms with Crippen LogP contribution in [0.4, 0.5) is 14.5 Å². The summed E-state index contributed by atoms with van der Waals surface area (Å²) in [5.74, 6) is -2.35. The number of rotatable bonds is 8. The maximum Gasteiger partial charge on any atom is 0.250 e. The van der Waals surface area contributed by atoms with Crippen molar-refractivity contribution in [3.63, 3.8) is 0 Å². The molecule has 2 N–H and O–H groups in total. The van der Waals surface area contributed by atoms with E-state index in [9.17, 15) is 13.6 Å². The zero-order valence-electron chi connectivity index (χ0n) is 19.8. The molecule has 8 nitrogen and oxygen atoms in total. The molecule has 10 heteroatoms. The van der Waals surface area contributed by atoms with E-state index in [1.54, 1.807) is 25.4 Å². The second kappa shape index (κ2) is 9.62. The summed E-state index contributed by atoms with van der Waals surface area (Å²) in [5, 5.41) is 4.08. The largest absolute Gasteiger partial charge is 0.396 e. The third kappa shape index (κ3) is 4.76. The van der Waals surface area contributed by atoms with Crippen molar-refractivity contribution in [2.45, 2.75) is 13.5 Å². The topological polar surface area (TPSA) is 96.9 Å². The molecule has 5 rings (SSSR count). The second-order valence-electron chi connectivity index (χ2n) is 9.34. The van der Waals surface area contributed by atoms with Gasteiger partial charge in [0.05, 0.1) is 23.1 Å². The van der Waals surface area contributed by atoms with Gasteiger partial charge in [-0.1, -0.05) is 11.2 Å². The summed E-state index contributed by atoms with van der Waals surface area (Å²) in [6.45, 7) is 6.66. The number of oxime groups is 1. The minimum absolute atomic E-state index is 0.250. The maximum absolute atomic E-state index is 13.8. The minimum Gasteiger partial charge on any atom is -0.396 e. The normalized spacial score (nSPS) is 17.0. The lowest BCUT2D eigenvalue weighted by Gasteiger charge is -2.61. The SMILES string of the molecule is CCON=C(c1ccc(F)c(F)c1)c1ccc(CN2CC3(C2)CN(c2cncc(C(N)=O)c2)C3)cn1. The van der Waals surface area contributed by atoms with Gasteiger partial charge in [0.1, 0.15) is 12.3 Å². The van der Waals surface area contributed by atoms with E-state index in [-0.39, 0.29) is 5.41 Å². The zero-order valence-corrected chi connectivity index (χ0v) is 19.8. The number of nitrogens with two attached hydrogens (primary N) is 1. The lowest BCUT2D eigenvalue weighted by Crippen LogP contribution is -2.72. The van der Waals surface area contributed by atoms with Crippen molar-refractivity contribution in [2.24, 2.45) is 16.3 Å². The molecule has 1 spiro atoms. The number of amides is 1. The number of hydrogen-bond acceptors (Lipinski definition) is 7. The fraction of sp³-hybridized carbons (Fsp3) is 0.308. The van der Waals surface area contributed by atoms with E-state index >= 15 is 0 Å². The number of carbonyl (C=O) groups excluding carboxylic acids is 1. The third-order valence-corrected chi connectivity index (χ3v) is 6.50. The van der Waals surface area contributed by atoms with Crippen molar-refractivity contribution in [1.29, 1.82) is 0 Å². The van der Waals surface area contributed by atoms with Crippen molar-refractivity contribution in [1.82, 2.24) is 14.9 Å². The first kappa shape index (κ1) is 23.8. The summed E-state index contributed by atoms with van der Waals surface area (Å²) >= 11 is 0. The van der Waals surface area contributed by atoms with E-state index in [2.05, 4.69) is 24.9 Å². The Kier molecular flexibility index (Phi) is 6.36. The first-order valence-corrected chi connectivity index (χ1v) is 11.7. The number of benzene rings is 1. The monoisotopic (exact) mass is 492 g/mol. The van der Waals surface area contributed by atoms with Gasteiger partial charge in [0.25, 0.3) is 0 Å². The van der Waals surface area contributed by atoms with Crippen LogP contribution in [0.25, 0.3) is 0 Å². The predicted molar refractivity (Wildman–Crippen MR) is 131 cm³/mol. The number of primary amides is 1. The van der Waals surface area contributed by atoms with Gasteiger partial charge in [0.15, 0.2) is 11.6 Å². The fourth-order valence-corrected chi connectivity index (χ4v) is 4.83. The van der Waals surface area contributed by atoms with E-state index in [0.717, 1.165) is 56.1 Å². The summed E-state index contributed by atoms with van der Waals surface area (Å²) < 4.78 is 27.2. The van der Waals surface area contributed by atoms with Crippen LogP contribution in [0.5, 0.6) is 0 Å². The van der Waals surface area contributed by atoms with E-state index < -0.39 is 17.5 Å². The summed E-state index contributed by atoms with van der Waals surface area (Å²) in [6.07, 6.45) is 5.01. The quantitative estimate of drug-likeness (QED) is 0.384. The number of carbonyl (C=O) groups is 1. The van der Waals surface area contributed by atoms with Crippen LogP contribution in [0.2, 0.25) is 0 Å². The fourth-order valence-electron chi connectivity index (χ4n) is 4.83. The minimum atomic E-state index is -0.952. The molecule has 3 aromatic rings. The van der Waals surface area contributed by atoms with Gasteiger partial charge in [-0.25, -0.2) is 8.78 Å². The van der Waals surface area contributed by atoms with Crippen LogP contribution in [0.1, 0.15) is 34.1 Å². The van der Waals surface area contributed by atoms with Gasteiger partial charge < -0.3 is 15.5 Å². The molecule has 2 aliphatic rings. The third-order valence-electron chi connectivity index (χ3n) is 6.50. The van der Waals surface area contributed by atoms with Crippen molar-refractivity contribution >= 4 is 17.3 Å². The average molecular weight is 493 g/mol. The number of pyridine rings is 2. The molecule has 0 radical (unpaired) electrons. The van der Waals surface area contributed by atoms with E-state index in [4.69, 9.17) is 10.6 Å². The molecule has 0 aliphatic carbocycles. The summed E-state index contributed by atoms with van der Waals surface area (Å²) in [7, 11) is 0. The van der Waals surface area contributed by atoms with Crippen molar-refractivity contribution < 1.29 is 18.4 Å². The standard InChI is InChI=1S/C26H26F2N6O2/c1-2-36-32-24(18-4-5-21(27)22(28)8-18)23-6-3-17(9-31-23)12-33-13-26(14-33)15-34(16-26)20-7-19(25(29)35)10-30-11-20/h3-11H,2,12-16H2,1H3,(H2,29,35). The molecule has 2 aliphatic heterocycles. The second-order valence-corrected chi connectivity index (χ2v) is 9.34. The zero-order chi connectivity index (χ0) is 25.3. The van der Waals surface area contributed by atoms with Crippen LogP contribution in [0.15, 0.2) is 60.1 Å². The number of hydrogen-bond donors (Lipinski definition) is 1. The Hall–Kier alpha value is -3.92. The van der Waals surface area contributed by atoms with Crippen LogP contribution >= 0.6 is 0 Å². The molecule has 2 fully saturated rings. The van der Waals surface area contributed by atoms with Gasteiger partial charge in [-0.3, -0.25) is 19.7 Å². The lowest BCUT2D eigenvalue weighted by atomic mass is 9.72. The molecule has 2 aromatic heterocycles. The van der Waals surface area contributed by atoms with Crippen molar-refractivity contribution in [2.75, 3.05) is 37.7 Å².